The summed E-state index contributed by atoms with van der Waals surface area (Å²) in [6.07, 6.45) is 14.1. The molecule has 0 bridgehead atoms. The molecule has 2 fully saturated rings. The zero-order valence-electron chi connectivity index (χ0n) is 27.2. The van der Waals surface area contributed by atoms with Crippen molar-refractivity contribution in [3.63, 3.8) is 0 Å². The molecule has 2 saturated carbocycles. The first-order valence-electron chi connectivity index (χ1n) is 16.3. The highest BCUT2D eigenvalue weighted by Gasteiger charge is 2.61. The van der Waals surface area contributed by atoms with Crippen LogP contribution in [0.5, 0.6) is 5.75 Å². The molecule has 2 aliphatic carbocycles. The Morgan fingerprint density at radius 1 is 1.21 bits per heavy atom. The Morgan fingerprint density at radius 2 is 2.04 bits per heavy atom. The number of carbonyl (C=O) groups excluding carboxylic acids is 3. The van der Waals surface area contributed by atoms with Gasteiger partial charge in [-0.3, -0.25) is 14.4 Å². The van der Waals surface area contributed by atoms with Gasteiger partial charge in [0.1, 0.15) is 27.9 Å². The van der Waals surface area contributed by atoms with Gasteiger partial charge < -0.3 is 19.5 Å². The van der Waals surface area contributed by atoms with Gasteiger partial charge in [0.25, 0.3) is 0 Å². The van der Waals surface area contributed by atoms with Crippen LogP contribution in [0.15, 0.2) is 35.7 Å². The second-order valence-corrected chi connectivity index (χ2v) is 14.0. The second-order valence-electron chi connectivity index (χ2n) is 13.1. The van der Waals surface area contributed by atoms with E-state index in [0.717, 1.165) is 35.8 Å². The lowest BCUT2D eigenvalue weighted by molar-refractivity contribution is -0.151. The number of ether oxygens (including phenoxy) is 2. The predicted molar refractivity (Wildman–Crippen MR) is 180 cm³/mol. The van der Waals surface area contributed by atoms with Gasteiger partial charge in [-0.05, 0) is 80.9 Å². The Kier molecular flexibility index (Phi) is 9.49. The van der Waals surface area contributed by atoms with Crippen molar-refractivity contribution in [3.05, 3.63) is 52.6 Å². The summed E-state index contributed by atoms with van der Waals surface area (Å²) in [6, 6.07) is 5.62. The molecule has 2 aromatic heterocycles. The van der Waals surface area contributed by atoms with Gasteiger partial charge in [0.2, 0.25) is 5.91 Å². The number of hydrogen-bond acceptors (Lipinski definition) is 9. The number of terminal acetylenes is 1. The fourth-order valence-electron chi connectivity index (χ4n) is 7.35. The van der Waals surface area contributed by atoms with Crippen LogP contribution >= 0.6 is 11.3 Å². The van der Waals surface area contributed by atoms with Gasteiger partial charge in [-0.2, -0.15) is 0 Å². The van der Waals surface area contributed by atoms with Crippen LogP contribution in [0.2, 0.25) is 0 Å². The van der Waals surface area contributed by atoms with Crippen molar-refractivity contribution in [2.75, 3.05) is 20.7 Å². The highest BCUT2D eigenvalue weighted by molar-refractivity contribution is 7.13. The minimum Gasteiger partial charge on any atom is -0.490 e. The molecule has 1 aliphatic heterocycles. The molecule has 246 valence electrons. The van der Waals surface area contributed by atoms with Crippen molar-refractivity contribution in [1.82, 2.24) is 14.9 Å². The number of methoxy groups -OCH3 is 1. The second kappa shape index (κ2) is 13.6. The number of pyridine rings is 1. The number of aryl methyl sites for hydroxylation is 1. The maximum atomic E-state index is 14.2. The summed E-state index contributed by atoms with van der Waals surface area (Å²) in [5.41, 5.74) is 2.54. The number of nitrogens with zero attached hydrogens (tertiary/aromatic N) is 3. The molecular formula is C37H41N3O6S. The van der Waals surface area contributed by atoms with Gasteiger partial charge in [0.15, 0.2) is 0 Å². The summed E-state index contributed by atoms with van der Waals surface area (Å²) in [7, 11) is 3.19. The van der Waals surface area contributed by atoms with Gasteiger partial charge in [-0.25, -0.2) is 9.97 Å². The number of esters is 1. The van der Waals surface area contributed by atoms with Crippen molar-refractivity contribution in [2.24, 2.45) is 23.2 Å². The van der Waals surface area contributed by atoms with Crippen LogP contribution in [0, 0.1) is 42.4 Å². The molecule has 1 aromatic carbocycles. The van der Waals surface area contributed by atoms with Crippen molar-refractivity contribution in [3.8, 4) is 28.8 Å². The zero-order valence-corrected chi connectivity index (χ0v) is 28.0. The van der Waals surface area contributed by atoms with E-state index in [9.17, 15) is 19.5 Å². The first-order chi connectivity index (χ1) is 22.7. The van der Waals surface area contributed by atoms with E-state index in [2.05, 4.69) is 23.1 Å². The van der Waals surface area contributed by atoms with Gasteiger partial charge >= 0.3 is 5.97 Å². The molecule has 3 heterocycles. The van der Waals surface area contributed by atoms with Crippen molar-refractivity contribution in [1.29, 1.82) is 0 Å². The quantitative estimate of drug-likeness (QED) is 0.213. The summed E-state index contributed by atoms with van der Waals surface area (Å²) in [4.78, 5) is 52.2. The van der Waals surface area contributed by atoms with E-state index in [1.54, 1.807) is 10.3 Å². The smallest absolute Gasteiger partial charge is 0.312 e. The number of aliphatic hydroxyl groups excluding tert-OH is 1. The largest absolute Gasteiger partial charge is 0.490 e. The van der Waals surface area contributed by atoms with Gasteiger partial charge in [0.05, 0.1) is 30.8 Å². The molecule has 1 amide bonds. The van der Waals surface area contributed by atoms with Gasteiger partial charge in [0, 0.05) is 48.7 Å². The number of fused-ring (bicyclic) bond motifs is 3. The predicted octanol–water partition coefficient (Wildman–Crippen LogP) is 5.64. The maximum absolute atomic E-state index is 14.2. The summed E-state index contributed by atoms with van der Waals surface area (Å²) >= 11 is 1.39. The average molecular weight is 656 g/mol. The number of rotatable bonds is 5. The third kappa shape index (κ3) is 6.43. The minimum absolute atomic E-state index is 0.0224. The Hall–Kier alpha value is -4.07. The third-order valence-electron chi connectivity index (χ3n) is 10.3. The number of thiazole rings is 1. The molecule has 0 radical (unpaired) electrons. The van der Waals surface area contributed by atoms with E-state index in [-0.39, 0.29) is 42.7 Å². The van der Waals surface area contributed by atoms with Crippen LogP contribution < -0.4 is 4.74 Å². The van der Waals surface area contributed by atoms with E-state index in [0.29, 0.717) is 59.9 Å². The molecule has 10 heteroatoms. The Morgan fingerprint density at radius 3 is 2.79 bits per heavy atom. The molecule has 1 N–H and O–H groups in total. The molecule has 6 rings (SSSR count). The molecule has 3 aromatic rings. The number of carbonyl (C=O) groups is 3. The lowest BCUT2D eigenvalue weighted by atomic mass is 9.72. The number of allylic oxidation sites excluding steroid dienone is 2. The number of hydrogen-bond donors (Lipinski definition) is 1. The molecule has 3 aliphatic rings. The molecule has 5 atom stereocenters. The number of aromatic nitrogens is 2. The fourth-order valence-corrected chi connectivity index (χ4v) is 8.07. The number of aliphatic hydroxyl groups is 1. The van der Waals surface area contributed by atoms with Crippen LogP contribution in [0.25, 0.3) is 21.6 Å². The minimum atomic E-state index is -0.872. The Bertz CT molecular complexity index is 1780. The molecular weight excluding hydrogens is 614 g/mol. The third-order valence-corrected chi connectivity index (χ3v) is 11.1. The van der Waals surface area contributed by atoms with E-state index in [1.807, 2.05) is 32.2 Å². The maximum Gasteiger partial charge on any atom is 0.312 e. The van der Waals surface area contributed by atoms with Crippen LogP contribution in [0.3, 0.4) is 0 Å². The molecule has 0 unspecified atom stereocenters. The van der Waals surface area contributed by atoms with Crippen LogP contribution in [-0.2, 0) is 25.7 Å². The Labute approximate surface area is 279 Å². The standard InChI is InChI=1S/C37H41N3O6S/c1-5-25-21-47-34(38-25)30-17-32(28-13-11-23(20-41)22(2)33(28)39-30)46-26-12-14-27-29(16-26)31(42)19-37(36(44)45-4)18-24(37)10-8-6-7-9-15-40(3)35(27)43/h1,8,10-11,13,17,21,24,26-27,29,41H,6-7,9,12,14-16,18-20H2,2-4H3/b10-8-/t24-,26+,27-,29-,37-/m1/s1. The van der Waals surface area contributed by atoms with Crippen LogP contribution in [0.4, 0.5) is 0 Å². The van der Waals surface area contributed by atoms with E-state index >= 15 is 0 Å². The fraction of sp³-hybridized carbons (Fsp3) is 0.486. The van der Waals surface area contributed by atoms with Gasteiger partial charge in [-0.15, -0.1) is 17.8 Å². The lowest BCUT2D eigenvalue weighted by Crippen LogP contribution is -2.45. The highest BCUT2D eigenvalue weighted by Crippen LogP contribution is 2.58. The lowest BCUT2D eigenvalue weighted by Gasteiger charge is -2.37. The number of amides is 1. The van der Waals surface area contributed by atoms with Crippen molar-refractivity contribution >= 4 is 39.9 Å². The molecule has 0 spiro atoms. The van der Waals surface area contributed by atoms with E-state index in [4.69, 9.17) is 20.9 Å². The number of ketones is 1. The summed E-state index contributed by atoms with van der Waals surface area (Å²) in [5.74, 6) is 1.58. The number of benzene rings is 1. The number of Topliss-reactive ketones (excluding diaryl/α,β-unsaturated/α-hetero) is 1. The zero-order chi connectivity index (χ0) is 33.3. The van der Waals surface area contributed by atoms with Crippen LogP contribution in [0.1, 0.15) is 68.2 Å². The Balaban J connectivity index is 1.34. The first-order valence-corrected chi connectivity index (χ1v) is 17.2. The SMILES string of the molecule is C#Cc1csc(-c2cc(O[C@H]3CC[C@H]4C(=O)N(C)CCCC/C=C\[C@@H]5C[C@@]5(C(=O)OC)CC(=O)[C@@H]4C3)c3ccc(CO)c(C)c3n2)n1. The highest BCUT2D eigenvalue weighted by atomic mass is 32.1. The first kappa shape index (κ1) is 32.9. The molecule has 0 saturated heterocycles. The topological polar surface area (TPSA) is 119 Å². The normalized spacial score (nSPS) is 27.3. The van der Waals surface area contributed by atoms with Crippen molar-refractivity contribution in [2.45, 2.75) is 71.0 Å². The van der Waals surface area contributed by atoms with Crippen molar-refractivity contribution < 1.29 is 29.0 Å². The van der Waals surface area contributed by atoms with E-state index < -0.39 is 17.3 Å². The summed E-state index contributed by atoms with van der Waals surface area (Å²) in [6.45, 7) is 2.43. The summed E-state index contributed by atoms with van der Waals surface area (Å²) < 4.78 is 11.9. The molecule has 9 nitrogen and oxygen atoms in total. The summed E-state index contributed by atoms with van der Waals surface area (Å²) in [5, 5.41) is 13.2. The monoisotopic (exact) mass is 655 g/mol. The van der Waals surface area contributed by atoms with E-state index in [1.165, 1.54) is 18.4 Å². The van der Waals surface area contributed by atoms with Crippen LogP contribution in [-0.4, -0.2) is 64.4 Å². The average Bonchev–Trinajstić information content (AvgIpc) is 3.55. The molecule has 47 heavy (non-hydrogen) atoms. The van der Waals surface area contributed by atoms with Gasteiger partial charge in [-0.1, -0.05) is 18.2 Å².